The number of carbonyl (C=O) groups is 1. The summed E-state index contributed by atoms with van der Waals surface area (Å²) in [4.78, 5) is 25.5. The fourth-order valence-corrected chi connectivity index (χ4v) is 4.63. The molecule has 1 N–H and O–H groups in total. The van der Waals surface area contributed by atoms with Crippen molar-refractivity contribution >= 4 is 28.2 Å². The van der Waals surface area contributed by atoms with Crippen LogP contribution in [0.15, 0.2) is 73.1 Å². The van der Waals surface area contributed by atoms with E-state index in [1.807, 2.05) is 47.5 Å². The molecule has 2 aromatic carbocycles. The highest BCUT2D eigenvalue weighted by atomic mass is 16.2. The fourth-order valence-electron chi connectivity index (χ4n) is 4.63. The van der Waals surface area contributed by atoms with E-state index in [4.69, 9.17) is 0 Å². The number of para-hydroxylation sites is 2. The number of benzene rings is 2. The van der Waals surface area contributed by atoms with Crippen molar-refractivity contribution in [1.82, 2.24) is 14.9 Å². The Morgan fingerprint density at radius 3 is 2.75 bits per heavy atom. The second-order valence-corrected chi connectivity index (χ2v) is 7.28. The van der Waals surface area contributed by atoms with Gasteiger partial charge in [0.1, 0.15) is 0 Å². The molecule has 28 heavy (non-hydrogen) atoms. The lowest BCUT2D eigenvalue weighted by Gasteiger charge is -2.47. The first kappa shape index (κ1) is 15.5. The highest BCUT2D eigenvalue weighted by molar-refractivity contribution is 6.04. The van der Waals surface area contributed by atoms with Gasteiger partial charge in [-0.15, -0.1) is 0 Å². The van der Waals surface area contributed by atoms with Gasteiger partial charge >= 0.3 is 0 Å². The van der Waals surface area contributed by atoms with Crippen LogP contribution < -0.4 is 4.90 Å². The molecule has 2 aliphatic heterocycles. The standard InChI is InChI=1S/C23H18N4O/c28-23-18-8-2-4-10-20(18)27(15-6-5-12-24-14-15)22-21-17(11-13-26(22)23)16-7-1-3-9-19(16)25-21/h1-10,12,14,22,25H,11,13H2. The average molecular weight is 366 g/mol. The van der Waals surface area contributed by atoms with E-state index in [1.54, 1.807) is 6.20 Å². The van der Waals surface area contributed by atoms with Crippen LogP contribution in [-0.4, -0.2) is 27.3 Å². The normalized spacial score (nSPS) is 18.0. The van der Waals surface area contributed by atoms with Crippen LogP contribution in [0.4, 0.5) is 11.4 Å². The molecular weight excluding hydrogens is 348 g/mol. The van der Waals surface area contributed by atoms with E-state index in [1.165, 1.54) is 10.9 Å². The maximum absolute atomic E-state index is 13.3. The molecule has 0 saturated carbocycles. The summed E-state index contributed by atoms with van der Waals surface area (Å²) in [6.45, 7) is 0.698. The summed E-state index contributed by atoms with van der Waals surface area (Å²) in [6, 6.07) is 20.2. The lowest BCUT2D eigenvalue weighted by Crippen LogP contribution is -2.50. The van der Waals surface area contributed by atoms with Crippen LogP contribution in [0, 0.1) is 0 Å². The molecule has 0 spiro atoms. The van der Waals surface area contributed by atoms with Gasteiger partial charge in [0.15, 0.2) is 6.17 Å². The van der Waals surface area contributed by atoms with Gasteiger partial charge in [-0.25, -0.2) is 0 Å². The Labute approximate surface area is 162 Å². The van der Waals surface area contributed by atoms with E-state index in [9.17, 15) is 4.79 Å². The van der Waals surface area contributed by atoms with Crippen molar-refractivity contribution in [3.05, 3.63) is 89.9 Å². The lowest BCUT2D eigenvalue weighted by atomic mass is 9.95. The third-order valence-corrected chi connectivity index (χ3v) is 5.83. The Morgan fingerprint density at radius 2 is 1.86 bits per heavy atom. The first-order valence-electron chi connectivity index (χ1n) is 9.51. The molecule has 0 bridgehead atoms. The maximum Gasteiger partial charge on any atom is 0.257 e. The number of hydrogen-bond donors (Lipinski definition) is 1. The van der Waals surface area contributed by atoms with Crippen LogP contribution in [0.2, 0.25) is 0 Å². The van der Waals surface area contributed by atoms with Gasteiger partial charge in [0.25, 0.3) is 5.91 Å². The summed E-state index contributed by atoms with van der Waals surface area (Å²) < 4.78 is 0. The first-order chi connectivity index (χ1) is 13.8. The third-order valence-electron chi connectivity index (χ3n) is 5.83. The summed E-state index contributed by atoms with van der Waals surface area (Å²) in [7, 11) is 0. The van der Waals surface area contributed by atoms with Crippen LogP contribution in [-0.2, 0) is 6.42 Å². The van der Waals surface area contributed by atoms with Crippen molar-refractivity contribution in [1.29, 1.82) is 0 Å². The van der Waals surface area contributed by atoms with Crippen molar-refractivity contribution in [2.24, 2.45) is 0 Å². The maximum atomic E-state index is 13.3. The smallest absolute Gasteiger partial charge is 0.257 e. The zero-order valence-electron chi connectivity index (χ0n) is 15.2. The zero-order chi connectivity index (χ0) is 18.7. The Bertz CT molecular complexity index is 1210. The number of H-pyrrole nitrogens is 1. The summed E-state index contributed by atoms with van der Waals surface area (Å²) in [6.07, 6.45) is 4.28. The monoisotopic (exact) mass is 366 g/mol. The highest BCUT2D eigenvalue weighted by Gasteiger charge is 2.43. The number of aromatic nitrogens is 2. The number of nitrogens with one attached hydrogen (secondary N) is 1. The van der Waals surface area contributed by atoms with Gasteiger partial charge < -0.3 is 14.8 Å². The summed E-state index contributed by atoms with van der Waals surface area (Å²) >= 11 is 0. The number of pyridine rings is 1. The molecule has 4 aromatic rings. The predicted molar refractivity (Wildman–Crippen MR) is 109 cm³/mol. The molecule has 0 saturated heterocycles. The number of nitrogens with zero attached hydrogens (tertiary/aromatic N) is 3. The van der Waals surface area contributed by atoms with Crippen LogP contribution in [0.1, 0.15) is 27.8 Å². The van der Waals surface area contributed by atoms with Crippen LogP contribution in [0.25, 0.3) is 10.9 Å². The molecule has 0 aliphatic carbocycles. The summed E-state index contributed by atoms with van der Waals surface area (Å²) in [5.74, 6) is 0.0880. The van der Waals surface area contributed by atoms with Gasteiger partial charge in [-0.3, -0.25) is 9.78 Å². The Kier molecular flexibility index (Phi) is 3.14. The van der Waals surface area contributed by atoms with Crippen molar-refractivity contribution < 1.29 is 4.79 Å². The number of amides is 1. The molecule has 1 unspecified atom stereocenters. The SMILES string of the molecule is O=C1c2ccccc2N(c2cccnc2)C2c3[nH]c4ccccc4c3CCN12. The molecule has 136 valence electrons. The largest absolute Gasteiger partial charge is 0.355 e. The number of fused-ring (bicyclic) bond motifs is 6. The van der Waals surface area contributed by atoms with Crippen molar-refractivity contribution in [3.8, 4) is 0 Å². The molecule has 4 heterocycles. The van der Waals surface area contributed by atoms with Crippen molar-refractivity contribution in [3.63, 3.8) is 0 Å². The third kappa shape index (κ3) is 2.01. The van der Waals surface area contributed by atoms with Gasteiger partial charge in [0, 0.05) is 23.6 Å². The number of rotatable bonds is 1. The molecule has 0 radical (unpaired) electrons. The lowest BCUT2D eigenvalue weighted by molar-refractivity contribution is 0.0642. The molecule has 1 amide bonds. The van der Waals surface area contributed by atoms with Gasteiger partial charge in [0.05, 0.1) is 28.8 Å². The Morgan fingerprint density at radius 1 is 1.00 bits per heavy atom. The van der Waals surface area contributed by atoms with Crippen LogP contribution in [0.3, 0.4) is 0 Å². The van der Waals surface area contributed by atoms with Gasteiger partial charge in [-0.2, -0.15) is 0 Å². The second-order valence-electron chi connectivity index (χ2n) is 7.28. The van der Waals surface area contributed by atoms with E-state index < -0.39 is 0 Å². The first-order valence-corrected chi connectivity index (χ1v) is 9.51. The van der Waals surface area contributed by atoms with Gasteiger partial charge in [-0.05, 0) is 42.3 Å². The van der Waals surface area contributed by atoms with E-state index in [-0.39, 0.29) is 12.1 Å². The number of hydrogen-bond acceptors (Lipinski definition) is 3. The van der Waals surface area contributed by atoms with Gasteiger partial charge in [0.2, 0.25) is 0 Å². The van der Waals surface area contributed by atoms with Gasteiger partial charge in [-0.1, -0.05) is 30.3 Å². The van der Waals surface area contributed by atoms with E-state index in [0.717, 1.165) is 34.6 Å². The number of anilines is 2. The molecule has 6 rings (SSSR count). The minimum atomic E-state index is -0.206. The number of carbonyl (C=O) groups excluding carboxylic acids is 1. The predicted octanol–water partition coefficient (Wildman–Crippen LogP) is 4.41. The zero-order valence-corrected chi connectivity index (χ0v) is 15.2. The Hall–Kier alpha value is -3.60. The molecule has 5 nitrogen and oxygen atoms in total. The summed E-state index contributed by atoms with van der Waals surface area (Å²) in [5.41, 5.74) is 6.16. The molecule has 5 heteroatoms. The van der Waals surface area contributed by atoms with Crippen molar-refractivity contribution in [2.75, 3.05) is 11.4 Å². The van der Waals surface area contributed by atoms with E-state index >= 15 is 0 Å². The highest BCUT2D eigenvalue weighted by Crippen LogP contribution is 2.46. The van der Waals surface area contributed by atoms with Crippen LogP contribution in [0.5, 0.6) is 0 Å². The Balaban J connectivity index is 1.65. The van der Waals surface area contributed by atoms with Crippen LogP contribution >= 0.6 is 0 Å². The minimum Gasteiger partial charge on any atom is -0.355 e. The molecule has 2 aliphatic rings. The second kappa shape index (κ2) is 5.70. The van der Waals surface area contributed by atoms with Crippen molar-refractivity contribution in [2.45, 2.75) is 12.6 Å². The fraction of sp³-hybridized carbons (Fsp3) is 0.130. The topological polar surface area (TPSA) is 52.2 Å². The summed E-state index contributed by atoms with van der Waals surface area (Å²) in [5, 5.41) is 1.24. The molecular formula is C23H18N4O. The number of aromatic amines is 1. The molecule has 1 atom stereocenters. The van der Waals surface area contributed by atoms with E-state index in [2.05, 4.69) is 39.1 Å². The quantitative estimate of drug-likeness (QED) is 0.543. The average Bonchev–Trinajstić information content (AvgIpc) is 3.14. The van der Waals surface area contributed by atoms with E-state index in [0.29, 0.717) is 6.54 Å². The minimum absolute atomic E-state index is 0.0880. The molecule has 0 fully saturated rings. The molecule has 2 aromatic heterocycles.